The fourth-order valence-electron chi connectivity index (χ4n) is 8.67. The van der Waals surface area contributed by atoms with Gasteiger partial charge in [-0.1, -0.05) is 100 Å². The Labute approximate surface area is 235 Å². The smallest absolute Gasteiger partial charge is 0.0174 e. The van der Waals surface area contributed by atoms with Crippen LogP contribution in [0.5, 0.6) is 0 Å². The molecule has 2 aliphatic carbocycles. The minimum Gasteiger partial charge on any atom is -0.376 e. The molecule has 0 aromatic heterocycles. The summed E-state index contributed by atoms with van der Waals surface area (Å²) in [6, 6.07) is 0. The van der Waals surface area contributed by atoms with Gasteiger partial charge in [0.1, 0.15) is 0 Å². The topological polar surface area (TPSA) is 3.24 Å². The Kier molecular flexibility index (Phi) is 13.6. The van der Waals surface area contributed by atoms with Crippen molar-refractivity contribution in [3.63, 3.8) is 0 Å². The van der Waals surface area contributed by atoms with E-state index in [0.717, 1.165) is 42.1 Å². The van der Waals surface area contributed by atoms with E-state index in [1.54, 1.807) is 0 Å². The lowest BCUT2D eigenvalue weighted by Gasteiger charge is -2.61. The molecule has 2 aliphatic rings. The third-order valence-electron chi connectivity index (χ3n) is 12.1. The van der Waals surface area contributed by atoms with Gasteiger partial charge in [0, 0.05) is 18.8 Å². The van der Waals surface area contributed by atoms with Gasteiger partial charge >= 0.3 is 0 Å². The van der Waals surface area contributed by atoms with Crippen LogP contribution in [0.1, 0.15) is 159 Å². The van der Waals surface area contributed by atoms with E-state index in [1.165, 1.54) is 109 Å². The fourth-order valence-corrected chi connectivity index (χ4v) is 8.67. The van der Waals surface area contributed by atoms with Gasteiger partial charge in [-0.25, -0.2) is 0 Å². The highest BCUT2D eigenvalue weighted by Gasteiger charge is 2.55. The summed E-state index contributed by atoms with van der Waals surface area (Å²) in [6.07, 6.45) is 21.1. The summed E-state index contributed by atoms with van der Waals surface area (Å²) < 4.78 is 0. The van der Waals surface area contributed by atoms with Gasteiger partial charge in [0.05, 0.1) is 0 Å². The highest BCUT2D eigenvalue weighted by atomic mass is 15.1. The van der Waals surface area contributed by atoms with E-state index in [9.17, 15) is 0 Å². The van der Waals surface area contributed by atoms with Crippen molar-refractivity contribution in [2.75, 3.05) is 13.1 Å². The zero-order valence-electron chi connectivity index (χ0n) is 27.1. The Morgan fingerprint density at radius 1 is 0.865 bits per heavy atom. The largest absolute Gasteiger partial charge is 0.376 e. The van der Waals surface area contributed by atoms with Crippen LogP contribution in [0.4, 0.5) is 0 Å². The molecule has 0 aromatic carbocycles. The number of rotatable bonds is 16. The van der Waals surface area contributed by atoms with E-state index in [-0.39, 0.29) is 0 Å². The van der Waals surface area contributed by atoms with E-state index in [0.29, 0.717) is 10.8 Å². The van der Waals surface area contributed by atoms with Crippen molar-refractivity contribution in [3.05, 3.63) is 12.3 Å². The number of hydrogen-bond acceptors (Lipinski definition) is 1. The third kappa shape index (κ3) is 8.76. The molecule has 0 bridgehead atoms. The Morgan fingerprint density at radius 2 is 1.57 bits per heavy atom. The van der Waals surface area contributed by atoms with Crippen molar-refractivity contribution in [2.45, 2.75) is 159 Å². The van der Waals surface area contributed by atoms with Gasteiger partial charge in [-0.3, -0.25) is 0 Å². The maximum Gasteiger partial charge on any atom is 0.0174 e. The maximum absolute atomic E-state index is 4.57. The predicted molar refractivity (Wildman–Crippen MR) is 167 cm³/mol. The molecule has 0 aromatic rings. The molecular weight excluding hydrogens is 446 g/mol. The molecule has 37 heavy (non-hydrogen) atoms. The molecule has 0 amide bonds. The lowest BCUT2D eigenvalue weighted by molar-refractivity contribution is -0.109. The van der Waals surface area contributed by atoms with Crippen LogP contribution in [0.3, 0.4) is 0 Å². The van der Waals surface area contributed by atoms with Crippen molar-refractivity contribution in [1.82, 2.24) is 4.90 Å². The maximum atomic E-state index is 4.57. The molecule has 0 heterocycles. The lowest BCUT2D eigenvalue weighted by atomic mass is 9.44. The molecule has 0 saturated heterocycles. The summed E-state index contributed by atoms with van der Waals surface area (Å²) in [5, 5.41) is 0. The van der Waals surface area contributed by atoms with Crippen LogP contribution >= 0.6 is 0 Å². The van der Waals surface area contributed by atoms with E-state index in [1.807, 2.05) is 0 Å². The Balaban J connectivity index is 1.97. The summed E-state index contributed by atoms with van der Waals surface area (Å²) in [5.41, 5.74) is 2.61. The second-order valence-electron chi connectivity index (χ2n) is 14.7. The highest BCUT2D eigenvalue weighted by molar-refractivity contribution is 5.06. The summed E-state index contributed by atoms with van der Waals surface area (Å²) in [4.78, 5) is 2.57. The van der Waals surface area contributed by atoms with Crippen molar-refractivity contribution < 1.29 is 0 Å². The van der Waals surface area contributed by atoms with Gasteiger partial charge < -0.3 is 4.90 Å². The zero-order chi connectivity index (χ0) is 27.6. The van der Waals surface area contributed by atoms with Crippen molar-refractivity contribution >= 4 is 0 Å². The average molecular weight is 516 g/mol. The second kappa shape index (κ2) is 15.4. The molecule has 218 valence electrons. The number of allylic oxidation sites excluding steroid dienone is 1. The van der Waals surface area contributed by atoms with E-state index in [2.05, 4.69) is 73.8 Å². The van der Waals surface area contributed by atoms with E-state index < -0.39 is 0 Å². The number of unbranched alkanes of at least 4 members (excludes halogenated alkanes) is 1. The first kappa shape index (κ1) is 32.8. The normalized spacial score (nSPS) is 30.5. The number of nitrogens with zero attached hydrogens (tertiary/aromatic N) is 1. The minimum atomic E-state index is 0.564. The quantitative estimate of drug-likeness (QED) is 0.197. The average Bonchev–Trinajstić information content (AvgIpc) is 2.84. The SMILES string of the molecule is C=C(CC1CCCCC2(CC1)CCC2(C)CC(C)C(C)C(C)C(C)CC(C)CCC)N(CC)CCCC. The molecule has 0 N–H and O–H groups in total. The first-order chi connectivity index (χ1) is 17.5. The summed E-state index contributed by atoms with van der Waals surface area (Å²) in [7, 11) is 0. The van der Waals surface area contributed by atoms with Crippen LogP contribution < -0.4 is 0 Å². The van der Waals surface area contributed by atoms with Crippen LogP contribution in [0.15, 0.2) is 12.3 Å². The van der Waals surface area contributed by atoms with Crippen molar-refractivity contribution in [2.24, 2.45) is 46.3 Å². The van der Waals surface area contributed by atoms with Crippen LogP contribution in [0, 0.1) is 46.3 Å². The molecular formula is C36H69N. The first-order valence-corrected chi connectivity index (χ1v) is 16.9. The molecule has 2 saturated carbocycles. The van der Waals surface area contributed by atoms with Crippen molar-refractivity contribution in [1.29, 1.82) is 0 Å². The number of hydrogen-bond donors (Lipinski definition) is 0. The molecule has 8 atom stereocenters. The Hall–Kier alpha value is -0.460. The van der Waals surface area contributed by atoms with Gasteiger partial charge in [-0.15, -0.1) is 0 Å². The van der Waals surface area contributed by atoms with Gasteiger partial charge in [-0.05, 0) is 111 Å². The highest BCUT2D eigenvalue weighted by Crippen LogP contribution is 2.65. The standard InChI is InChI=1S/C36H69N/c1-11-14-24-37(13-3)31(7)26-34-18-15-16-20-36(21-19-34)23-22-35(36,10)27-30(6)33(9)32(8)29(5)25-28(4)17-12-2/h28-30,32-34H,7,11-27H2,1-6,8-10H3. The van der Waals surface area contributed by atoms with Gasteiger partial charge in [-0.2, -0.15) is 0 Å². The third-order valence-corrected chi connectivity index (χ3v) is 12.1. The Bertz CT molecular complexity index is 653. The molecule has 0 radical (unpaired) electrons. The molecule has 1 heteroatoms. The Morgan fingerprint density at radius 3 is 2.16 bits per heavy atom. The summed E-state index contributed by atoms with van der Waals surface area (Å²) in [5.74, 6) is 5.07. The van der Waals surface area contributed by atoms with Crippen molar-refractivity contribution in [3.8, 4) is 0 Å². The minimum absolute atomic E-state index is 0.564. The molecule has 8 unspecified atom stereocenters. The molecule has 2 fully saturated rings. The molecule has 1 spiro atoms. The fraction of sp³-hybridized carbons (Fsp3) is 0.944. The zero-order valence-corrected chi connectivity index (χ0v) is 27.1. The van der Waals surface area contributed by atoms with E-state index >= 15 is 0 Å². The monoisotopic (exact) mass is 516 g/mol. The summed E-state index contributed by atoms with van der Waals surface area (Å²) >= 11 is 0. The second-order valence-corrected chi connectivity index (χ2v) is 14.7. The van der Waals surface area contributed by atoms with Gasteiger partial charge in [0.15, 0.2) is 0 Å². The van der Waals surface area contributed by atoms with Crippen LogP contribution in [0.25, 0.3) is 0 Å². The molecule has 1 nitrogen and oxygen atoms in total. The van der Waals surface area contributed by atoms with Crippen LogP contribution in [-0.4, -0.2) is 18.0 Å². The van der Waals surface area contributed by atoms with Crippen LogP contribution in [0.2, 0.25) is 0 Å². The molecule has 2 rings (SSSR count). The van der Waals surface area contributed by atoms with E-state index in [4.69, 9.17) is 0 Å². The first-order valence-electron chi connectivity index (χ1n) is 16.9. The lowest BCUT2D eigenvalue weighted by Crippen LogP contribution is -2.51. The predicted octanol–water partition coefficient (Wildman–Crippen LogP) is 11.5. The summed E-state index contributed by atoms with van der Waals surface area (Å²) in [6.45, 7) is 29.3. The molecule has 0 aliphatic heterocycles. The van der Waals surface area contributed by atoms with Gasteiger partial charge in [0.25, 0.3) is 0 Å². The van der Waals surface area contributed by atoms with Crippen LogP contribution in [-0.2, 0) is 0 Å². The van der Waals surface area contributed by atoms with Gasteiger partial charge in [0.2, 0.25) is 0 Å².